The minimum Gasteiger partial charge on any atom is -0.478 e. The third kappa shape index (κ3) is 1.75. The molecule has 0 atom stereocenters. The number of aromatic carboxylic acids is 1. The van der Waals surface area contributed by atoms with Crippen LogP contribution in [0.3, 0.4) is 0 Å². The molecule has 0 fully saturated rings. The number of thiophene rings is 1. The predicted molar refractivity (Wildman–Crippen MR) is 69.2 cm³/mol. The average molecular weight is 280 g/mol. The first kappa shape index (κ1) is 11.2. The van der Waals surface area contributed by atoms with Gasteiger partial charge in [0, 0.05) is 6.20 Å². The Balaban J connectivity index is 2.17. The molecule has 0 aliphatic heterocycles. The number of pyridine rings is 1. The second kappa shape index (κ2) is 4.08. The van der Waals surface area contributed by atoms with Crippen molar-refractivity contribution in [3.63, 3.8) is 0 Å². The summed E-state index contributed by atoms with van der Waals surface area (Å²) in [6.45, 7) is 0. The van der Waals surface area contributed by atoms with Crippen molar-refractivity contribution in [1.29, 1.82) is 0 Å². The molecule has 18 heavy (non-hydrogen) atoms. The van der Waals surface area contributed by atoms with Gasteiger partial charge in [-0.3, -0.25) is 0 Å². The van der Waals surface area contributed by atoms with Gasteiger partial charge in [0.2, 0.25) is 0 Å². The van der Waals surface area contributed by atoms with Crippen LogP contribution in [-0.4, -0.2) is 26.0 Å². The summed E-state index contributed by atoms with van der Waals surface area (Å²) >= 11 is 7.48. The van der Waals surface area contributed by atoms with E-state index in [1.807, 2.05) is 5.38 Å². The number of nitrogens with one attached hydrogen (secondary N) is 1. The maximum atomic E-state index is 10.8. The van der Waals surface area contributed by atoms with Crippen molar-refractivity contribution in [3.05, 3.63) is 34.3 Å². The van der Waals surface area contributed by atoms with Crippen LogP contribution in [0.4, 0.5) is 0 Å². The molecule has 0 spiro atoms. The highest BCUT2D eigenvalue weighted by Crippen LogP contribution is 2.32. The first-order chi connectivity index (χ1) is 8.65. The van der Waals surface area contributed by atoms with Gasteiger partial charge in [0.25, 0.3) is 0 Å². The summed E-state index contributed by atoms with van der Waals surface area (Å²) in [6, 6.07) is 3.29. The fraction of sp³-hybridized carbons (Fsp3) is 0. The second-order valence-corrected chi connectivity index (χ2v) is 4.91. The largest absolute Gasteiger partial charge is 0.478 e. The van der Waals surface area contributed by atoms with Crippen LogP contribution in [-0.2, 0) is 0 Å². The van der Waals surface area contributed by atoms with Crippen molar-refractivity contribution >= 4 is 40.1 Å². The van der Waals surface area contributed by atoms with E-state index in [0.717, 1.165) is 4.88 Å². The highest BCUT2D eigenvalue weighted by Gasteiger charge is 2.12. The van der Waals surface area contributed by atoms with Gasteiger partial charge < -0.3 is 10.1 Å². The van der Waals surface area contributed by atoms with Crippen molar-refractivity contribution in [1.82, 2.24) is 15.0 Å². The molecule has 90 valence electrons. The van der Waals surface area contributed by atoms with Crippen LogP contribution in [0, 0.1) is 0 Å². The topological polar surface area (TPSA) is 78.9 Å². The SMILES string of the molecule is O=C(O)c1cnc2nc(-c3sccc3Cl)[nH]c2c1. The number of aromatic nitrogens is 3. The quantitative estimate of drug-likeness (QED) is 0.756. The number of imidazole rings is 1. The van der Waals surface area contributed by atoms with Crippen molar-refractivity contribution in [2.75, 3.05) is 0 Å². The molecular weight excluding hydrogens is 274 g/mol. The van der Waals surface area contributed by atoms with Crippen molar-refractivity contribution in [2.45, 2.75) is 0 Å². The third-order valence-corrected chi connectivity index (χ3v) is 3.76. The smallest absolute Gasteiger partial charge is 0.337 e. The number of fused-ring (bicyclic) bond motifs is 1. The van der Waals surface area contributed by atoms with Crippen LogP contribution in [0.2, 0.25) is 5.02 Å². The lowest BCUT2D eigenvalue weighted by Crippen LogP contribution is -1.96. The summed E-state index contributed by atoms with van der Waals surface area (Å²) in [5.41, 5.74) is 1.17. The van der Waals surface area contributed by atoms with Gasteiger partial charge in [0.05, 0.1) is 21.0 Å². The summed E-state index contributed by atoms with van der Waals surface area (Å²) in [4.78, 5) is 23.0. The molecule has 3 heterocycles. The van der Waals surface area contributed by atoms with E-state index in [2.05, 4.69) is 15.0 Å². The van der Waals surface area contributed by atoms with E-state index in [1.54, 1.807) is 6.07 Å². The Morgan fingerprint density at radius 3 is 3.00 bits per heavy atom. The predicted octanol–water partition coefficient (Wildman–Crippen LogP) is 3.04. The van der Waals surface area contributed by atoms with Gasteiger partial charge in [0.1, 0.15) is 0 Å². The Labute approximate surface area is 110 Å². The van der Waals surface area contributed by atoms with E-state index in [4.69, 9.17) is 16.7 Å². The molecule has 0 amide bonds. The molecule has 0 bridgehead atoms. The summed E-state index contributed by atoms with van der Waals surface area (Å²) in [7, 11) is 0. The maximum absolute atomic E-state index is 10.8. The van der Waals surface area contributed by atoms with Gasteiger partial charge in [-0.05, 0) is 17.5 Å². The molecular formula is C11H6ClN3O2S. The van der Waals surface area contributed by atoms with Gasteiger partial charge in [-0.1, -0.05) is 11.6 Å². The fourth-order valence-electron chi connectivity index (χ4n) is 1.59. The molecule has 0 unspecified atom stereocenters. The van der Waals surface area contributed by atoms with Gasteiger partial charge in [-0.2, -0.15) is 0 Å². The number of nitrogens with zero attached hydrogens (tertiary/aromatic N) is 2. The van der Waals surface area contributed by atoms with E-state index < -0.39 is 5.97 Å². The molecule has 0 saturated carbocycles. The van der Waals surface area contributed by atoms with Crippen LogP contribution in [0.1, 0.15) is 10.4 Å². The lowest BCUT2D eigenvalue weighted by atomic mass is 10.3. The van der Waals surface area contributed by atoms with Crippen LogP contribution >= 0.6 is 22.9 Å². The van der Waals surface area contributed by atoms with Crippen LogP contribution in [0.5, 0.6) is 0 Å². The Morgan fingerprint density at radius 2 is 2.33 bits per heavy atom. The number of rotatable bonds is 2. The molecule has 7 heteroatoms. The minimum atomic E-state index is -1.02. The normalized spacial score (nSPS) is 10.9. The molecule has 5 nitrogen and oxygen atoms in total. The molecule has 0 aromatic carbocycles. The zero-order valence-electron chi connectivity index (χ0n) is 8.85. The number of halogens is 1. The Hall–Kier alpha value is -1.92. The highest BCUT2D eigenvalue weighted by molar-refractivity contribution is 7.14. The van der Waals surface area contributed by atoms with Crippen LogP contribution in [0.25, 0.3) is 21.9 Å². The lowest BCUT2D eigenvalue weighted by molar-refractivity contribution is 0.0696. The number of carboxylic acid groups (broad SMARTS) is 1. The van der Waals surface area contributed by atoms with Crippen molar-refractivity contribution < 1.29 is 9.90 Å². The molecule has 0 radical (unpaired) electrons. The van der Waals surface area contributed by atoms with Crippen LogP contribution in [0.15, 0.2) is 23.7 Å². The van der Waals surface area contributed by atoms with Crippen molar-refractivity contribution in [3.8, 4) is 10.7 Å². The van der Waals surface area contributed by atoms with E-state index in [0.29, 0.717) is 22.0 Å². The zero-order chi connectivity index (χ0) is 12.7. The molecule has 0 saturated heterocycles. The van der Waals surface area contributed by atoms with Gasteiger partial charge in [-0.25, -0.2) is 14.8 Å². The summed E-state index contributed by atoms with van der Waals surface area (Å²) in [6.07, 6.45) is 1.28. The molecule has 3 aromatic rings. The Bertz CT molecular complexity index is 750. The number of hydrogen-bond acceptors (Lipinski definition) is 4. The van der Waals surface area contributed by atoms with E-state index >= 15 is 0 Å². The molecule has 2 N–H and O–H groups in total. The maximum Gasteiger partial charge on any atom is 0.337 e. The standard InChI is InChI=1S/C11H6ClN3O2S/c12-6-1-2-18-8(6)10-14-7-3-5(11(16)17)4-13-9(7)15-10/h1-4H,(H,16,17)(H,13,14,15). The van der Waals surface area contributed by atoms with Crippen molar-refractivity contribution in [2.24, 2.45) is 0 Å². The molecule has 3 aromatic heterocycles. The average Bonchev–Trinajstić information content (AvgIpc) is 2.92. The van der Waals surface area contributed by atoms with E-state index in [9.17, 15) is 4.79 Å². The number of carboxylic acids is 1. The van der Waals surface area contributed by atoms with Gasteiger partial charge >= 0.3 is 5.97 Å². The molecule has 0 aliphatic carbocycles. The lowest BCUT2D eigenvalue weighted by Gasteiger charge is -1.91. The van der Waals surface area contributed by atoms with E-state index in [-0.39, 0.29) is 5.56 Å². The monoisotopic (exact) mass is 279 g/mol. The zero-order valence-corrected chi connectivity index (χ0v) is 10.4. The first-order valence-corrected chi connectivity index (χ1v) is 6.23. The number of aromatic amines is 1. The highest BCUT2D eigenvalue weighted by atomic mass is 35.5. The van der Waals surface area contributed by atoms with Crippen LogP contribution < -0.4 is 0 Å². The van der Waals surface area contributed by atoms with E-state index in [1.165, 1.54) is 23.6 Å². The molecule has 0 aliphatic rings. The Kier molecular flexibility index (Phi) is 2.53. The number of H-pyrrole nitrogens is 1. The van der Waals surface area contributed by atoms with Gasteiger partial charge in [0.15, 0.2) is 11.5 Å². The summed E-state index contributed by atoms with van der Waals surface area (Å²) < 4.78 is 0. The minimum absolute atomic E-state index is 0.120. The summed E-state index contributed by atoms with van der Waals surface area (Å²) in [5.74, 6) is -0.422. The third-order valence-electron chi connectivity index (χ3n) is 2.42. The number of carbonyl (C=O) groups is 1. The fourth-order valence-corrected chi connectivity index (χ4v) is 2.68. The molecule has 3 rings (SSSR count). The first-order valence-electron chi connectivity index (χ1n) is 4.97. The second-order valence-electron chi connectivity index (χ2n) is 3.58. The Morgan fingerprint density at radius 1 is 1.50 bits per heavy atom. The van der Waals surface area contributed by atoms with Gasteiger partial charge in [-0.15, -0.1) is 11.3 Å². The summed E-state index contributed by atoms with van der Waals surface area (Å²) in [5, 5.41) is 11.4. The number of hydrogen-bond donors (Lipinski definition) is 2.